The molecule has 5 nitrogen and oxygen atoms in total. The molecule has 27 heavy (non-hydrogen) atoms. The fourth-order valence-electron chi connectivity index (χ4n) is 4.45. The first-order valence-electron chi connectivity index (χ1n) is 9.56. The van der Waals surface area contributed by atoms with Crippen LogP contribution in [-0.4, -0.2) is 27.4 Å². The average Bonchev–Trinajstić information content (AvgIpc) is 3.12. The minimum absolute atomic E-state index is 0.178. The van der Waals surface area contributed by atoms with Crippen molar-refractivity contribution in [3.05, 3.63) is 58.4 Å². The van der Waals surface area contributed by atoms with Gasteiger partial charge in [-0.25, -0.2) is 4.68 Å². The lowest BCUT2D eigenvalue weighted by Gasteiger charge is -2.56. The summed E-state index contributed by atoms with van der Waals surface area (Å²) >= 11 is 6.17. The van der Waals surface area contributed by atoms with E-state index < -0.39 is 0 Å². The first-order valence-corrected chi connectivity index (χ1v) is 9.93. The summed E-state index contributed by atoms with van der Waals surface area (Å²) in [6.07, 6.45) is 7.46. The van der Waals surface area contributed by atoms with Gasteiger partial charge in [-0.3, -0.25) is 4.79 Å². The molecule has 0 aliphatic heterocycles. The van der Waals surface area contributed by atoms with Gasteiger partial charge >= 0.3 is 0 Å². The van der Waals surface area contributed by atoms with E-state index in [1.165, 1.54) is 18.4 Å². The summed E-state index contributed by atoms with van der Waals surface area (Å²) in [5.74, 6) is 1.35. The van der Waals surface area contributed by atoms with E-state index >= 15 is 0 Å². The molecule has 142 valence electrons. The van der Waals surface area contributed by atoms with Crippen molar-refractivity contribution in [2.24, 2.45) is 17.3 Å². The zero-order valence-electron chi connectivity index (χ0n) is 15.8. The summed E-state index contributed by atoms with van der Waals surface area (Å²) in [5, 5.41) is 11.7. The quantitative estimate of drug-likeness (QED) is 0.763. The molecule has 1 aromatic carbocycles. The first-order chi connectivity index (χ1) is 12.9. The van der Waals surface area contributed by atoms with Crippen molar-refractivity contribution < 1.29 is 4.79 Å². The van der Waals surface area contributed by atoms with Gasteiger partial charge in [-0.2, -0.15) is 0 Å². The van der Waals surface area contributed by atoms with E-state index in [2.05, 4.69) is 35.6 Å². The number of halogens is 1. The lowest BCUT2D eigenvalue weighted by Crippen LogP contribution is -2.48. The summed E-state index contributed by atoms with van der Waals surface area (Å²) in [4.78, 5) is 12.4. The third-order valence-electron chi connectivity index (χ3n) is 6.34. The molecule has 0 radical (unpaired) electrons. The summed E-state index contributed by atoms with van der Waals surface area (Å²) in [7, 11) is 0. The Morgan fingerprint density at radius 3 is 2.93 bits per heavy atom. The van der Waals surface area contributed by atoms with E-state index in [9.17, 15) is 4.79 Å². The van der Waals surface area contributed by atoms with Crippen LogP contribution in [-0.2, 0) is 6.54 Å². The van der Waals surface area contributed by atoms with Gasteiger partial charge in [0.25, 0.3) is 5.91 Å². The number of amides is 1. The van der Waals surface area contributed by atoms with Crippen LogP contribution in [0.4, 0.5) is 0 Å². The van der Waals surface area contributed by atoms with Gasteiger partial charge in [0.1, 0.15) is 0 Å². The fraction of sp³-hybridized carbons (Fsp3) is 0.476. The van der Waals surface area contributed by atoms with Gasteiger partial charge in [-0.1, -0.05) is 60.5 Å². The average molecular weight is 385 g/mol. The Morgan fingerprint density at radius 1 is 1.37 bits per heavy atom. The molecule has 1 heterocycles. The lowest BCUT2D eigenvalue weighted by molar-refractivity contribution is -0.00811. The summed E-state index contributed by atoms with van der Waals surface area (Å²) in [6.45, 7) is 5.87. The van der Waals surface area contributed by atoms with E-state index in [4.69, 9.17) is 11.6 Å². The number of carbonyl (C=O) groups excluding carboxylic acids is 1. The van der Waals surface area contributed by atoms with Gasteiger partial charge in [-0.05, 0) is 48.1 Å². The van der Waals surface area contributed by atoms with Gasteiger partial charge in [0.15, 0.2) is 5.69 Å². The third-order valence-corrected chi connectivity index (χ3v) is 6.71. The predicted octanol–water partition coefficient (Wildman–Crippen LogP) is 4.09. The minimum Gasteiger partial charge on any atom is -0.350 e. The van der Waals surface area contributed by atoms with Crippen molar-refractivity contribution in [3.63, 3.8) is 0 Å². The topological polar surface area (TPSA) is 59.8 Å². The van der Waals surface area contributed by atoms with Crippen LogP contribution in [0.1, 0.15) is 49.2 Å². The van der Waals surface area contributed by atoms with Gasteiger partial charge in [0.2, 0.25) is 0 Å². The molecule has 1 aromatic heterocycles. The molecule has 2 aromatic rings. The molecule has 5 rings (SSSR count). The molecule has 3 aliphatic rings. The molecule has 1 amide bonds. The monoisotopic (exact) mass is 384 g/mol. The Balaban J connectivity index is 1.30. The van der Waals surface area contributed by atoms with E-state index in [0.717, 1.165) is 17.9 Å². The van der Waals surface area contributed by atoms with Crippen LogP contribution in [0.15, 0.2) is 42.1 Å². The number of rotatable bonds is 6. The van der Waals surface area contributed by atoms with Crippen molar-refractivity contribution in [3.8, 4) is 0 Å². The molecule has 6 heteroatoms. The maximum atomic E-state index is 12.4. The Morgan fingerprint density at radius 2 is 2.19 bits per heavy atom. The van der Waals surface area contributed by atoms with E-state index in [1.54, 1.807) is 10.9 Å². The second-order valence-electron chi connectivity index (χ2n) is 8.22. The number of allylic oxidation sites excluding steroid dienone is 1. The Bertz CT molecular complexity index is 886. The highest BCUT2D eigenvalue weighted by atomic mass is 35.5. The van der Waals surface area contributed by atoms with E-state index in [-0.39, 0.29) is 5.91 Å². The number of carbonyl (C=O) groups is 1. The molecule has 1 saturated carbocycles. The summed E-state index contributed by atoms with van der Waals surface area (Å²) < 4.78 is 1.64. The Hall–Kier alpha value is -2.14. The maximum absolute atomic E-state index is 12.4. The predicted molar refractivity (Wildman–Crippen MR) is 106 cm³/mol. The number of nitrogens with zero attached hydrogens (tertiary/aromatic N) is 3. The molecule has 0 spiro atoms. The van der Waals surface area contributed by atoms with Crippen LogP contribution in [0.25, 0.3) is 0 Å². The SMILES string of the molecule is CC1(C)[C@@H]2CC=C(CCNC(=O)c3cn(Cc4ccccc4Cl)nn3)[C@H]1C2. The van der Waals surface area contributed by atoms with Gasteiger partial charge in [0.05, 0.1) is 12.7 Å². The number of hydrogen-bond donors (Lipinski definition) is 1. The smallest absolute Gasteiger partial charge is 0.273 e. The number of hydrogen-bond acceptors (Lipinski definition) is 3. The second-order valence-corrected chi connectivity index (χ2v) is 8.63. The van der Waals surface area contributed by atoms with Gasteiger partial charge in [0, 0.05) is 11.6 Å². The van der Waals surface area contributed by atoms with Crippen LogP contribution in [0.3, 0.4) is 0 Å². The van der Waals surface area contributed by atoms with Crippen LogP contribution in [0, 0.1) is 17.3 Å². The van der Waals surface area contributed by atoms with Crippen LogP contribution < -0.4 is 5.32 Å². The highest BCUT2D eigenvalue weighted by molar-refractivity contribution is 6.31. The van der Waals surface area contributed by atoms with Crippen LogP contribution >= 0.6 is 11.6 Å². The van der Waals surface area contributed by atoms with Gasteiger partial charge in [-0.15, -0.1) is 5.10 Å². The Kier molecular flexibility index (Phi) is 4.81. The van der Waals surface area contributed by atoms with Crippen molar-refractivity contribution >= 4 is 17.5 Å². The van der Waals surface area contributed by atoms with Crippen molar-refractivity contribution in [2.45, 2.75) is 39.7 Å². The number of fused-ring (bicyclic) bond motifs is 1. The summed E-state index contributed by atoms with van der Waals surface area (Å²) in [6, 6.07) is 7.59. The van der Waals surface area contributed by atoms with E-state index in [1.807, 2.05) is 24.3 Å². The second kappa shape index (κ2) is 7.12. The number of nitrogens with one attached hydrogen (secondary N) is 1. The normalized spacial score (nSPS) is 22.7. The van der Waals surface area contributed by atoms with Gasteiger partial charge < -0.3 is 5.32 Å². The summed E-state index contributed by atoms with van der Waals surface area (Å²) in [5.41, 5.74) is 3.21. The standard InChI is InChI=1S/C21H25ClN4O/c1-21(2)16-8-7-14(17(21)11-16)9-10-23-20(27)19-13-26(25-24-19)12-15-5-3-4-6-18(15)22/h3-7,13,16-17H,8-12H2,1-2H3,(H,23,27)/t16-,17-/m1/s1. The molecular formula is C21H25ClN4O. The van der Waals surface area contributed by atoms with Crippen molar-refractivity contribution in [1.29, 1.82) is 0 Å². The maximum Gasteiger partial charge on any atom is 0.273 e. The van der Waals surface area contributed by atoms with Crippen LogP contribution in [0.5, 0.6) is 0 Å². The molecular weight excluding hydrogens is 360 g/mol. The zero-order chi connectivity index (χ0) is 19.0. The lowest BCUT2D eigenvalue weighted by atomic mass is 9.48. The van der Waals surface area contributed by atoms with E-state index in [0.29, 0.717) is 35.1 Å². The molecule has 0 saturated heterocycles. The van der Waals surface area contributed by atoms with Crippen LogP contribution in [0.2, 0.25) is 5.02 Å². The third kappa shape index (κ3) is 3.53. The van der Waals surface area contributed by atoms with Crippen molar-refractivity contribution in [1.82, 2.24) is 20.3 Å². The number of benzene rings is 1. The zero-order valence-corrected chi connectivity index (χ0v) is 16.5. The van der Waals surface area contributed by atoms with Crippen molar-refractivity contribution in [2.75, 3.05) is 6.54 Å². The Labute approximate surface area is 164 Å². The first kappa shape index (κ1) is 18.2. The molecule has 0 unspecified atom stereocenters. The highest BCUT2D eigenvalue weighted by Gasteiger charge is 2.50. The molecule has 3 aliphatic carbocycles. The largest absolute Gasteiger partial charge is 0.350 e. The fourth-order valence-corrected chi connectivity index (χ4v) is 4.64. The highest BCUT2D eigenvalue weighted by Crippen LogP contribution is 2.59. The number of aromatic nitrogens is 3. The molecule has 2 bridgehead atoms. The molecule has 1 fully saturated rings. The molecule has 2 atom stereocenters. The molecule has 1 N–H and O–H groups in total. The minimum atomic E-state index is -0.178.